The van der Waals surface area contributed by atoms with Gasteiger partial charge in [-0.1, -0.05) is 6.07 Å². The number of hydrogen-bond donors (Lipinski definition) is 1. The van der Waals surface area contributed by atoms with Gasteiger partial charge in [-0.05, 0) is 42.3 Å². The number of aliphatic hydroxyl groups is 1. The van der Waals surface area contributed by atoms with Crippen LogP contribution in [0.5, 0.6) is 5.75 Å². The van der Waals surface area contributed by atoms with Crippen LogP contribution in [0, 0.1) is 24.4 Å². The average Bonchev–Trinajstić information content (AvgIpc) is 2.42. The Kier molecular flexibility index (Phi) is 3.99. The van der Waals surface area contributed by atoms with Gasteiger partial charge in [0, 0.05) is 5.56 Å². The molecule has 2 rings (SSSR count). The molecule has 0 aliphatic rings. The predicted octanol–water partition coefficient (Wildman–Crippen LogP) is 3.50. The van der Waals surface area contributed by atoms with Crippen molar-refractivity contribution in [1.82, 2.24) is 0 Å². The van der Waals surface area contributed by atoms with Crippen molar-refractivity contribution in [1.29, 1.82) is 0 Å². The Balaban J connectivity index is 2.46. The molecule has 1 N–H and O–H groups in total. The molecule has 0 saturated carbocycles. The van der Waals surface area contributed by atoms with Crippen molar-refractivity contribution in [2.75, 3.05) is 7.11 Å². The fourth-order valence-electron chi connectivity index (χ4n) is 1.90. The lowest BCUT2D eigenvalue weighted by atomic mass is 9.99. The molecule has 2 aromatic rings. The van der Waals surface area contributed by atoms with Gasteiger partial charge in [-0.25, -0.2) is 13.2 Å². The first-order valence-corrected chi connectivity index (χ1v) is 5.91. The van der Waals surface area contributed by atoms with Gasteiger partial charge in [0.05, 0.1) is 7.11 Å². The highest BCUT2D eigenvalue weighted by atomic mass is 19.1. The van der Waals surface area contributed by atoms with Crippen LogP contribution in [0.15, 0.2) is 30.3 Å². The maximum atomic E-state index is 13.8. The van der Waals surface area contributed by atoms with Gasteiger partial charge in [0.1, 0.15) is 17.7 Å². The zero-order valence-corrected chi connectivity index (χ0v) is 11.0. The van der Waals surface area contributed by atoms with E-state index >= 15 is 0 Å². The molecule has 0 radical (unpaired) electrons. The summed E-state index contributed by atoms with van der Waals surface area (Å²) in [5, 5.41) is 10.1. The van der Waals surface area contributed by atoms with Crippen LogP contribution in [0.2, 0.25) is 0 Å². The Morgan fingerprint density at radius 3 is 2.35 bits per heavy atom. The molecule has 20 heavy (non-hydrogen) atoms. The van der Waals surface area contributed by atoms with Crippen LogP contribution in [0.25, 0.3) is 0 Å². The Morgan fingerprint density at radius 1 is 1.00 bits per heavy atom. The van der Waals surface area contributed by atoms with Gasteiger partial charge < -0.3 is 9.84 Å². The van der Waals surface area contributed by atoms with E-state index in [1.165, 1.54) is 26.2 Å². The van der Waals surface area contributed by atoms with E-state index in [0.29, 0.717) is 0 Å². The summed E-state index contributed by atoms with van der Waals surface area (Å²) < 4.78 is 45.4. The Hall–Kier alpha value is -2.01. The number of methoxy groups -OCH3 is 1. The number of halogens is 3. The van der Waals surface area contributed by atoms with Crippen LogP contribution in [0.3, 0.4) is 0 Å². The highest BCUT2D eigenvalue weighted by Gasteiger charge is 2.18. The second-order valence-electron chi connectivity index (χ2n) is 4.42. The summed E-state index contributed by atoms with van der Waals surface area (Å²) in [7, 11) is 1.28. The second kappa shape index (κ2) is 5.54. The van der Waals surface area contributed by atoms with Crippen LogP contribution in [0.1, 0.15) is 22.8 Å². The molecule has 0 aliphatic carbocycles. The minimum absolute atomic E-state index is 0.0745. The lowest BCUT2D eigenvalue weighted by Crippen LogP contribution is -2.05. The van der Waals surface area contributed by atoms with E-state index in [4.69, 9.17) is 4.74 Å². The summed E-state index contributed by atoms with van der Waals surface area (Å²) in [5.41, 5.74) is 0.155. The minimum Gasteiger partial charge on any atom is -0.494 e. The van der Waals surface area contributed by atoms with Gasteiger partial charge in [-0.15, -0.1) is 0 Å². The molecule has 2 aromatic carbocycles. The summed E-state index contributed by atoms with van der Waals surface area (Å²) in [6, 6.07) is 5.58. The summed E-state index contributed by atoms with van der Waals surface area (Å²) in [5.74, 6) is -2.01. The van der Waals surface area contributed by atoms with Gasteiger partial charge in [0.2, 0.25) is 0 Å². The number of hydrogen-bond acceptors (Lipinski definition) is 2. The first-order valence-electron chi connectivity index (χ1n) is 5.91. The van der Waals surface area contributed by atoms with Crippen LogP contribution in [-0.2, 0) is 0 Å². The van der Waals surface area contributed by atoms with Crippen molar-refractivity contribution >= 4 is 0 Å². The standard InChI is InChI=1S/C15H13F3O2/c1-8-5-13(18)10(7-12(8)17)15(19)9-3-4-11(16)14(6-9)20-2/h3-7,15,19H,1-2H3. The Bertz CT molecular complexity index is 641. The number of aryl methyl sites for hydroxylation is 1. The molecular weight excluding hydrogens is 269 g/mol. The third-order valence-corrected chi connectivity index (χ3v) is 3.06. The van der Waals surface area contributed by atoms with E-state index in [9.17, 15) is 18.3 Å². The first-order chi connectivity index (χ1) is 9.43. The quantitative estimate of drug-likeness (QED) is 0.933. The van der Waals surface area contributed by atoms with Gasteiger partial charge in [0.25, 0.3) is 0 Å². The predicted molar refractivity (Wildman–Crippen MR) is 68.1 cm³/mol. The molecule has 0 bridgehead atoms. The van der Waals surface area contributed by atoms with E-state index in [0.717, 1.165) is 18.2 Å². The van der Waals surface area contributed by atoms with Crippen molar-refractivity contribution in [2.24, 2.45) is 0 Å². The van der Waals surface area contributed by atoms with E-state index in [2.05, 4.69) is 0 Å². The SMILES string of the molecule is COc1cc(C(O)c2cc(F)c(C)cc2F)ccc1F. The molecule has 106 valence electrons. The van der Waals surface area contributed by atoms with Gasteiger partial charge in [0.15, 0.2) is 11.6 Å². The first kappa shape index (κ1) is 14.4. The van der Waals surface area contributed by atoms with Crippen LogP contribution < -0.4 is 4.74 Å². The molecule has 1 unspecified atom stereocenters. The van der Waals surface area contributed by atoms with E-state index in [1.807, 2.05) is 0 Å². The summed E-state index contributed by atoms with van der Waals surface area (Å²) >= 11 is 0. The zero-order valence-electron chi connectivity index (χ0n) is 11.0. The average molecular weight is 282 g/mol. The van der Waals surface area contributed by atoms with Crippen LogP contribution in [-0.4, -0.2) is 12.2 Å². The monoisotopic (exact) mass is 282 g/mol. The molecular formula is C15H13F3O2. The number of ether oxygens (including phenoxy) is 1. The molecule has 0 amide bonds. The molecule has 0 heterocycles. The summed E-state index contributed by atoms with van der Waals surface area (Å²) in [4.78, 5) is 0. The smallest absolute Gasteiger partial charge is 0.165 e. The summed E-state index contributed by atoms with van der Waals surface area (Å²) in [6.07, 6.45) is -1.40. The van der Waals surface area contributed by atoms with E-state index in [-0.39, 0.29) is 22.4 Å². The zero-order chi connectivity index (χ0) is 14.9. The Labute approximate surface area is 114 Å². The lowest BCUT2D eigenvalue weighted by Gasteiger charge is -2.14. The highest BCUT2D eigenvalue weighted by molar-refractivity contribution is 5.38. The topological polar surface area (TPSA) is 29.5 Å². The maximum absolute atomic E-state index is 13.8. The maximum Gasteiger partial charge on any atom is 0.165 e. The minimum atomic E-state index is -1.40. The van der Waals surface area contributed by atoms with Crippen molar-refractivity contribution in [2.45, 2.75) is 13.0 Å². The third kappa shape index (κ3) is 2.63. The van der Waals surface area contributed by atoms with Crippen LogP contribution >= 0.6 is 0 Å². The largest absolute Gasteiger partial charge is 0.494 e. The van der Waals surface area contributed by atoms with Gasteiger partial charge in [-0.2, -0.15) is 0 Å². The fourth-order valence-corrected chi connectivity index (χ4v) is 1.90. The van der Waals surface area contributed by atoms with Gasteiger partial charge in [-0.3, -0.25) is 0 Å². The normalized spacial score (nSPS) is 12.3. The highest BCUT2D eigenvalue weighted by Crippen LogP contribution is 2.29. The molecule has 5 heteroatoms. The number of rotatable bonds is 3. The van der Waals surface area contributed by atoms with E-state index < -0.39 is 23.6 Å². The van der Waals surface area contributed by atoms with Crippen LogP contribution in [0.4, 0.5) is 13.2 Å². The van der Waals surface area contributed by atoms with E-state index in [1.54, 1.807) is 0 Å². The lowest BCUT2D eigenvalue weighted by molar-refractivity contribution is 0.213. The molecule has 0 aliphatic heterocycles. The van der Waals surface area contributed by atoms with Crippen molar-refractivity contribution < 1.29 is 23.0 Å². The number of aliphatic hydroxyl groups excluding tert-OH is 1. The Morgan fingerprint density at radius 2 is 1.70 bits per heavy atom. The molecule has 1 atom stereocenters. The molecule has 0 aromatic heterocycles. The fraction of sp³-hybridized carbons (Fsp3) is 0.200. The molecule has 0 saturated heterocycles. The van der Waals surface area contributed by atoms with Crippen molar-refractivity contribution in [3.8, 4) is 5.75 Å². The number of benzene rings is 2. The van der Waals surface area contributed by atoms with Crippen molar-refractivity contribution in [3.63, 3.8) is 0 Å². The summed E-state index contributed by atoms with van der Waals surface area (Å²) in [6.45, 7) is 1.43. The van der Waals surface area contributed by atoms with Crippen molar-refractivity contribution in [3.05, 3.63) is 64.5 Å². The second-order valence-corrected chi connectivity index (χ2v) is 4.42. The van der Waals surface area contributed by atoms with Gasteiger partial charge >= 0.3 is 0 Å². The molecule has 0 fully saturated rings. The third-order valence-electron chi connectivity index (χ3n) is 3.06. The molecule has 0 spiro atoms. The molecule has 2 nitrogen and oxygen atoms in total.